The zero-order valence-electron chi connectivity index (χ0n) is 16.6. The lowest BCUT2D eigenvalue weighted by molar-refractivity contribution is -0.139. The van der Waals surface area contributed by atoms with Crippen molar-refractivity contribution in [1.82, 2.24) is 0 Å². The van der Waals surface area contributed by atoms with Crippen LogP contribution in [0.4, 0.5) is 5.69 Å². The molecule has 1 amide bonds. The zero-order chi connectivity index (χ0) is 22.5. The van der Waals surface area contributed by atoms with E-state index in [9.17, 15) is 9.59 Å². The van der Waals surface area contributed by atoms with Crippen LogP contribution in [-0.4, -0.2) is 41.6 Å². The Labute approximate surface area is 193 Å². The Kier molecular flexibility index (Phi) is 7.42. The SMILES string of the molecule is CCOc1cccc(/C=C2\SC(=S)N(c3ccc(OC)c(Cl)c3)C2=O)c1OCC(=O)O. The molecule has 3 rings (SSSR count). The highest BCUT2D eigenvalue weighted by Crippen LogP contribution is 2.40. The number of halogens is 1. The summed E-state index contributed by atoms with van der Waals surface area (Å²) in [5.74, 6) is -0.346. The second-order valence-electron chi connectivity index (χ2n) is 6.13. The molecular formula is C21H18ClNO6S2. The Hall–Kier alpha value is -2.75. The molecule has 0 unspecified atom stereocenters. The second kappa shape index (κ2) is 10.0. The molecule has 0 spiro atoms. The minimum atomic E-state index is -1.13. The van der Waals surface area contributed by atoms with Gasteiger partial charge in [-0.25, -0.2) is 4.79 Å². The van der Waals surface area contributed by atoms with Gasteiger partial charge in [0.1, 0.15) is 5.75 Å². The van der Waals surface area contributed by atoms with Crippen LogP contribution in [0.5, 0.6) is 17.2 Å². The van der Waals surface area contributed by atoms with Gasteiger partial charge in [0, 0.05) is 5.56 Å². The average Bonchev–Trinajstić information content (AvgIpc) is 3.00. The molecule has 1 aliphatic rings. The van der Waals surface area contributed by atoms with Gasteiger partial charge in [-0.05, 0) is 37.3 Å². The quantitative estimate of drug-likeness (QED) is 0.433. The van der Waals surface area contributed by atoms with Gasteiger partial charge in [-0.1, -0.05) is 47.7 Å². The Morgan fingerprint density at radius 2 is 2.03 bits per heavy atom. The number of anilines is 1. The highest BCUT2D eigenvalue weighted by Gasteiger charge is 2.34. The number of hydrogen-bond acceptors (Lipinski definition) is 7. The van der Waals surface area contributed by atoms with E-state index in [1.165, 1.54) is 12.0 Å². The van der Waals surface area contributed by atoms with Crippen molar-refractivity contribution < 1.29 is 28.9 Å². The number of benzene rings is 2. The molecule has 2 aromatic rings. The number of carbonyl (C=O) groups is 2. The molecular weight excluding hydrogens is 462 g/mol. The largest absolute Gasteiger partial charge is 0.495 e. The smallest absolute Gasteiger partial charge is 0.341 e. The summed E-state index contributed by atoms with van der Waals surface area (Å²) in [6, 6.07) is 10.1. The van der Waals surface area contributed by atoms with Crippen LogP contribution in [0.3, 0.4) is 0 Å². The second-order valence-corrected chi connectivity index (χ2v) is 8.21. The highest BCUT2D eigenvalue weighted by molar-refractivity contribution is 8.27. The Morgan fingerprint density at radius 3 is 2.68 bits per heavy atom. The molecule has 162 valence electrons. The fourth-order valence-electron chi connectivity index (χ4n) is 2.83. The van der Waals surface area contributed by atoms with Crippen LogP contribution >= 0.6 is 35.6 Å². The number of rotatable bonds is 8. The number of nitrogens with zero attached hydrogens (tertiary/aromatic N) is 1. The number of methoxy groups -OCH3 is 1. The minimum absolute atomic E-state index is 0.240. The summed E-state index contributed by atoms with van der Waals surface area (Å²) < 4.78 is 16.5. The van der Waals surface area contributed by atoms with E-state index in [1.807, 2.05) is 0 Å². The van der Waals surface area contributed by atoms with E-state index in [2.05, 4.69) is 0 Å². The summed E-state index contributed by atoms with van der Waals surface area (Å²) in [7, 11) is 1.50. The lowest BCUT2D eigenvalue weighted by atomic mass is 10.1. The third-order valence-electron chi connectivity index (χ3n) is 4.12. The molecule has 1 saturated heterocycles. The van der Waals surface area contributed by atoms with Crippen LogP contribution in [-0.2, 0) is 9.59 Å². The van der Waals surface area contributed by atoms with E-state index in [-0.39, 0.29) is 11.7 Å². The molecule has 0 atom stereocenters. The molecule has 1 N–H and O–H groups in total. The molecule has 2 aromatic carbocycles. The zero-order valence-corrected chi connectivity index (χ0v) is 19.0. The van der Waals surface area contributed by atoms with Crippen molar-refractivity contribution in [2.45, 2.75) is 6.92 Å². The summed E-state index contributed by atoms with van der Waals surface area (Å²) in [5.41, 5.74) is 1.02. The molecule has 0 aromatic heterocycles. The van der Waals surface area contributed by atoms with E-state index in [1.54, 1.807) is 49.4 Å². The van der Waals surface area contributed by atoms with Crippen molar-refractivity contribution in [3.63, 3.8) is 0 Å². The first-order valence-electron chi connectivity index (χ1n) is 9.07. The number of thiocarbonyl (C=S) groups is 1. The van der Waals surface area contributed by atoms with Gasteiger partial charge in [-0.2, -0.15) is 0 Å². The first kappa shape index (κ1) is 22.9. The highest BCUT2D eigenvalue weighted by atomic mass is 35.5. The Balaban J connectivity index is 1.96. The fraction of sp³-hybridized carbons (Fsp3) is 0.190. The first-order valence-corrected chi connectivity index (χ1v) is 10.7. The lowest BCUT2D eigenvalue weighted by Gasteiger charge is -2.16. The van der Waals surface area contributed by atoms with E-state index in [4.69, 9.17) is 43.1 Å². The molecule has 0 radical (unpaired) electrons. The predicted octanol–water partition coefficient (Wildman–Crippen LogP) is 4.62. The van der Waals surface area contributed by atoms with Gasteiger partial charge >= 0.3 is 5.97 Å². The summed E-state index contributed by atoms with van der Waals surface area (Å²) in [6.45, 7) is 1.63. The molecule has 0 aliphatic carbocycles. The molecule has 1 heterocycles. The van der Waals surface area contributed by atoms with E-state index < -0.39 is 12.6 Å². The van der Waals surface area contributed by atoms with Crippen LogP contribution in [0.15, 0.2) is 41.3 Å². The lowest BCUT2D eigenvalue weighted by Crippen LogP contribution is -2.27. The Bertz CT molecular complexity index is 1070. The standard InChI is InChI=1S/C21H18ClNO6S2/c1-3-28-16-6-4-5-12(19(16)29-11-18(24)25)9-17-20(26)23(21(30)31-17)13-7-8-15(27-2)14(22)10-13/h4-10H,3,11H2,1-2H3,(H,24,25)/b17-9-. The van der Waals surface area contributed by atoms with Crippen molar-refractivity contribution in [1.29, 1.82) is 0 Å². The maximum absolute atomic E-state index is 13.1. The molecule has 1 aliphatic heterocycles. The number of amides is 1. The monoisotopic (exact) mass is 479 g/mol. The predicted molar refractivity (Wildman–Crippen MR) is 124 cm³/mol. The first-order chi connectivity index (χ1) is 14.8. The normalized spacial score (nSPS) is 14.8. The number of aliphatic carboxylic acids is 1. The number of thioether (sulfide) groups is 1. The van der Waals surface area contributed by atoms with Crippen molar-refractivity contribution in [3.05, 3.63) is 51.9 Å². The van der Waals surface area contributed by atoms with Crippen LogP contribution in [0.1, 0.15) is 12.5 Å². The number of carboxylic acid groups (broad SMARTS) is 1. The molecule has 7 nitrogen and oxygen atoms in total. The van der Waals surface area contributed by atoms with Crippen LogP contribution in [0.25, 0.3) is 6.08 Å². The summed E-state index contributed by atoms with van der Waals surface area (Å²) in [4.78, 5) is 25.8. The maximum atomic E-state index is 13.1. The molecule has 31 heavy (non-hydrogen) atoms. The molecule has 10 heteroatoms. The number of carboxylic acids is 1. The van der Waals surface area contributed by atoms with Crippen molar-refractivity contribution in [2.24, 2.45) is 0 Å². The van der Waals surface area contributed by atoms with Gasteiger partial charge < -0.3 is 19.3 Å². The van der Waals surface area contributed by atoms with E-state index >= 15 is 0 Å². The summed E-state index contributed by atoms with van der Waals surface area (Å²) in [6.07, 6.45) is 1.60. The third-order valence-corrected chi connectivity index (χ3v) is 5.72. The average molecular weight is 480 g/mol. The van der Waals surface area contributed by atoms with Gasteiger partial charge in [-0.15, -0.1) is 0 Å². The van der Waals surface area contributed by atoms with Crippen molar-refractivity contribution in [2.75, 3.05) is 25.2 Å². The van der Waals surface area contributed by atoms with Gasteiger partial charge in [0.25, 0.3) is 5.91 Å². The maximum Gasteiger partial charge on any atom is 0.341 e. The topological polar surface area (TPSA) is 85.3 Å². The molecule has 1 fully saturated rings. The molecule has 0 saturated carbocycles. The van der Waals surface area contributed by atoms with Crippen LogP contribution < -0.4 is 19.1 Å². The number of hydrogen-bond donors (Lipinski definition) is 1. The van der Waals surface area contributed by atoms with Crippen molar-refractivity contribution in [3.8, 4) is 17.2 Å². The molecule has 0 bridgehead atoms. The fourth-order valence-corrected chi connectivity index (χ4v) is 4.37. The van der Waals surface area contributed by atoms with Gasteiger partial charge in [0.15, 0.2) is 22.4 Å². The third kappa shape index (κ3) is 5.12. The number of carbonyl (C=O) groups excluding carboxylic acids is 1. The van der Waals surface area contributed by atoms with E-state index in [0.717, 1.165) is 11.8 Å². The van der Waals surface area contributed by atoms with E-state index in [0.29, 0.717) is 43.6 Å². The van der Waals surface area contributed by atoms with Crippen molar-refractivity contribution >= 4 is 63.5 Å². The van der Waals surface area contributed by atoms with Crippen LogP contribution in [0, 0.1) is 0 Å². The number of para-hydroxylation sites is 1. The summed E-state index contributed by atoms with van der Waals surface area (Å²) >= 11 is 12.7. The number of ether oxygens (including phenoxy) is 3. The minimum Gasteiger partial charge on any atom is -0.495 e. The summed E-state index contributed by atoms with van der Waals surface area (Å²) in [5, 5.41) is 9.34. The van der Waals surface area contributed by atoms with Gasteiger partial charge in [0.05, 0.1) is 29.3 Å². The van der Waals surface area contributed by atoms with Crippen LogP contribution in [0.2, 0.25) is 5.02 Å². The Morgan fingerprint density at radius 1 is 1.26 bits per heavy atom. The van der Waals surface area contributed by atoms with Gasteiger partial charge in [0.2, 0.25) is 0 Å². The van der Waals surface area contributed by atoms with Gasteiger partial charge in [-0.3, -0.25) is 9.69 Å².